The Morgan fingerprint density at radius 1 is 1.00 bits per heavy atom. The number of hydrogen-bond acceptors (Lipinski definition) is 2. The summed E-state index contributed by atoms with van der Waals surface area (Å²) in [5.41, 5.74) is 1.83. The molecule has 0 aliphatic heterocycles. The third-order valence-electron chi connectivity index (χ3n) is 2.94. The number of benzene rings is 2. The van der Waals surface area contributed by atoms with Gasteiger partial charge in [0.2, 0.25) is 0 Å². The Morgan fingerprint density at radius 2 is 1.74 bits per heavy atom. The molecule has 0 aliphatic carbocycles. The molecule has 0 spiro atoms. The van der Waals surface area contributed by atoms with E-state index in [-0.39, 0.29) is 5.41 Å². The van der Waals surface area contributed by atoms with Gasteiger partial charge < -0.3 is 4.74 Å². The van der Waals surface area contributed by atoms with Crippen LogP contribution in [0.3, 0.4) is 0 Å². The highest BCUT2D eigenvalue weighted by Gasteiger charge is 2.14. The van der Waals surface area contributed by atoms with Crippen LogP contribution in [0, 0.1) is 11.3 Å². The summed E-state index contributed by atoms with van der Waals surface area (Å²) in [6.45, 7) is 6.49. The third-order valence-corrected chi connectivity index (χ3v) is 2.94. The molecule has 0 aromatic heterocycles. The smallest absolute Gasteiger partial charge is 0.145 e. The van der Waals surface area contributed by atoms with E-state index in [1.807, 2.05) is 36.4 Å². The van der Waals surface area contributed by atoms with Gasteiger partial charge in [0.15, 0.2) is 0 Å². The second-order valence-electron chi connectivity index (χ2n) is 5.49. The van der Waals surface area contributed by atoms with Crippen molar-refractivity contribution >= 4 is 0 Å². The molecule has 0 amide bonds. The van der Waals surface area contributed by atoms with E-state index >= 15 is 0 Å². The Kier molecular flexibility index (Phi) is 3.57. The third kappa shape index (κ3) is 3.14. The Hall–Kier alpha value is -2.27. The Labute approximate surface area is 114 Å². The van der Waals surface area contributed by atoms with Crippen molar-refractivity contribution < 1.29 is 4.74 Å². The van der Waals surface area contributed by atoms with Crippen LogP contribution < -0.4 is 4.74 Å². The average Bonchev–Trinajstić information content (AvgIpc) is 2.39. The molecule has 0 radical (unpaired) electrons. The van der Waals surface area contributed by atoms with E-state index in [4.69, 9.17) is 10.00 Å². The van der Waals surface area contributed by atoms with Gasteiger partial charge in [-0.1, -0.05) is 45.0 Å². The Morgan fingerprint density at radius 3 is 2.42 bits per heavy atom. The van der Waals surface area contributed by atoms with Crippen molar-refractivity contribution in [3.05, 3.63) is 59.7 Å². The van der Waals surface area contributed by atoms with E-state index in [0.717, 1.165) is 5.75 Å². The SMILES string of the molecule is CC(C)(C)c1cccc(Oc2ccccc2C#N)c1. The van der Waals surface area contributed by atoms with Crippen molar-refractivity contribution in [3.8, 4) is 17.6 Å². The number of para-hydroxylation sites is 1. The summed E-state index contributed by atoms with van der Waals surface area (Å²) in [5.74, 6) is 1.35. The summed E-state index contributed by atoms with van der Waals surface area (Å²) in [6.07, 6.45) is 0. The maximum atomic E-state index is 9.05. The fourth-order valence-electron chi connectivity index (χ4n) is 1.80. The molecule has 0 saturated heterocycles. The van der Waals surface area contributed by atoms with Gasteiger partial charge in [-0.05, 0) is 35.2 Å². The number of hydrogen-bond donors (Lipinski definition) is 0. The van der Waals surface area contributed by atoms with Crippen LogP contribution in [0.1, 0.15) is 31.9 Å². The molecule has 0 bridgehead atoms. The summed E-state index contributed by atoms with van der Waals surface area (Å²) in [4.78, 5) is 0. The van der Waals surface area contributed by atoms with Crippen molar-refractivity contribution in [1.82, 2.24) is 0 Å². The van der Waals surface area contributed by atoms with Crippen LogP contribution in [0.2, 0.25) is 0 Å². The minimum absolute atomic E-state index is 0.0775. The van der Waals surface area contributed by atoms with Gasteiger partial charge in [-0.25, -0.2) is 0 Å². The van der Waals surface area contributed by atoms with Crippen LogP contribution in [-0.2, 0) is 5.41 Å². The van der Waals surface area contributed by atoms with Crippen LogP contribution in [0.4, 0.5) is 0 Å². The van der Waals surface area contributed by atoms with E-state index in [2.05, 4.69) is 32.9 Å². The van der Waals surface area contributed by atoms with Crippen LogP contribution in [0.5, 0.6) is 11.5 Å². The van der Waals surface area contributed by atoms with Gasteiger partial charge >= 0.3 is 0 Å². The van der Waals surface area contributed by atoms with Gasteiger partial charge in [-0.3, -0.25) is 0 Å². The molecule has 96 valence electrons. The zero-order chi connectivity index (χ0) is 13.9. The summed E-state index contributed by atoms with van der Waals surface area (Å²) >= 11 is 0. The summed E-state index contributed by atoms with van der Waals surface area (Å²) in [7, 11) is 0. The predicted octanol–water partition coefficient (Wildman–Crippen LogP) is 4.65. The van der Waals surface area contributed by atoms with Crippen molar-refractivity contribution in [2.45, 2.75) is 26.2 Å². The fraction of sp³-hybridized carbons (Fsp3) is 0.235. The first-order valence-electron chi connectivity index (χ1n) is 6.28. The topological polar surface area (TPSA) is 33.0 Å². The minimum atomic E-state index is 0.0775. The normalized spacial score (nSPS) is 10.8. The van der Waals surface area contributed by atoms with E-state index in [1.54, 1.807) is 6.07 Å². The average molecular weight is 251 g/mol. The first-order chi connectivity index (χ1) is 9.00. The molecule has 2 aromatic carbocycles. The maximum absolute atomic E-state index is 9.05. The highest BCUT2D eigenvalue weighted by Crippen LogP contribution is 2.29. The lowest BCUT2D eigenvalue weighted by Gasteiger charge is -2.19. The fourth-order valence-corrected chi connectivity index (χ4v) is 1.80. The molecule has 2 rings (SSSR count). The number of rotatable bonds is 2. The lowest BCUT2D eigenvalue weighted by atomic mass is 9.87. The standard InChI is InChI=1S/C17H17NO/c1-17(2,3)14-8-6-9-15(11-14)19-16-10-5-4-7-13(16)12-18/h4-11H,1-3H3. The molecule has 2 aromatic rings. The monoisotopic (exact) mass is 251 g/mol. The van der Waals surface area contributed by atoms with Gasteiger partial charge in [0.25, 0.3) is 0 Å². The van der Waals surface area contributed by atoms with E-state index in [0.29, 0.717) is 11.3 Å². The largest absolute Gasteiger partial charge is 0.456 e. The first kappa shape index (κ1) is 13.2. The van der Waals surface area contributed by atoms with Crippen LogP contribution in [0.25, 0.3) is 0 Å². The Balaban J connectivity index is 2.32. The summed E-state index contributed by atoms with van der Waals surface area (Å²) < 4.78 is 5.81. The number of ether oxygens (including phenoxy) is 1. The second kappa shape index (κ2) is 5.16. The van der Waals surface area contributed by atoms with Crippen molar-refractivity contribution in [2.24, 2.45) is 0 Å². The zero-order valence-corrected chi connectivity index (χ0v) is 11.5. The number of nitrogens with zero attached hydrogens (tertiary/aromatic N) is 1. The first-order valence-corrected chi connectivity index (χ1v) is 6.28. The minimum Gasteiger partial charge on any atom is -0.456 e. The van der Waals surface area contributed by atoms with Gasteiger partial charge in [0, 0.05) is 0 Å². The van der Waals surface area contributed by atoms with Crippen molar-refractivity contribution in [2.75, 3.05) is 0 Å². The molecule has 0 heterocycles. The predicted molar refractivity (Wildman–Crippen MR) is 76.4 cm³/mol. The van der Waals surface area contributed by atoms with E-state index in [1.165, 1.54) is 5.56 Å². The van der Waals surface area contributed by atoms with Crippen LogP contribution in [-0.4, -0.2) is 0 Å². The maximum Gasteiger partial charge on any atom is 0.145 e. The molecule has 0 unspecified atom stereocenters. The van der Waals surface area contributed by atoms with Crippen LogP contribution >= 0.6 is 0 Å². The number of nitriles is 1. The van der Waals surface area contributed by atoms with Crippen molar-refractivity contribution in [3.63, 3.8) is 0 Å². The van der Waals surface area contributed by atoms with Gasteiger partial charge in [-0.2, -0.15) is 5.26 Å². The molecule has 0 saturated carbocycles. The van der Waals surface area contributed by atoms with Gasteiger partial charge in [0.05, 0.1) is 5.56 Å². The molecular formula is C17H17NO. The van der Waals surface area contributed by atoms with Crippen molar-refractivity contribution in [1.29, 1.82) is 5.26 Å². The summed E-state index contributed by atoms with van der Waals surface area (Å²) in [5, 5.41) is 9.05. The van der Waals surface area contributed by atoms with E-state index < -0.39 is 0 Å². The highest BCUT2D eigenvalue weighted by atomic mass is 16.5. The molecule has 2 heteroatoms. The molecule has 0 aliphatic rings. The molecule has 2 nitrogen and oxygen atoms in total. The second-order valence-corrected chi connectivity index (χ2v) is 5.49. The molecule has 0 N–H and O–H groups in total. The Bertz CT molecular complexity index is 618. The molecule has 0 atom stereocenters. The summed E-state index contributed by atoms with van der Waals surface area (Å²) in [6, 6.07) is 17.4. The quantitative estimate of drug-likeness (QED) is 0.778. The van der Waals surface area contributed by atoms with Gasteiger partial charge in [0.1, 0.15) is 17.6 Å². The van der Waals surface area contributed by atoms with Crippen LogP contribution in [0.15, 0.2) is 48.5 Å². The van der Waals surface area contributed by atoms with E-state index in [9.17, 15) is 0 Å². The highest BCUT2D eigenvalue weighted by molar-refractivity contribution is 5.45. The molecular weight excluding hydrogens is 234 g/mol. The lowest BCUT2D eigenvalue weighted by Crippen LogP contribution is -2.10. The van der Waals surface area contributed by atoms with Gasteiger partial charge in [-0.15, -0.1) is 0 Å². The molecule has 19 heavy (non-hydrogen) atoms. The molecule has 0 fully saturated rings. The lowest BCUT2D eigenvalue weighted by molar-refractivity contribution is 0.477. The zero-order valence-electron chi connectivity index (χ0n) is 11.5.